The molecule has 0 radical (unpaired) electrons. The molecule has 0 bridgehead atoms. The molecule has 1 aromatic heterocycles. The number of amides is 1. The first kappa shape index (κ1) is 16.3. The average Bonchev–Trinajstić information content (AvgIpc) is 2.59. The zero-order valence-corrected chi connectivity index (χ0v) is 13.8. The number of para-hydroxylation sites is 1. The van der Waals surface area contributed by atoms with Gasteiger partial charge in [-0.05, 0) is 30.3 Å². The maximum atomic E-state index is 12.3. The van der Waals surface area contributed by atoms with Crippen LogP contribution in [0, 0.1) is 0 Å². The highest BCUT2D eigenvalue weighted by Gasteiger charge is 2.07. The van der Waals surface area contributed by atoms with Crippen LogP contribution in [0.15, 0.2) is 64.0 Å². The van der Waals surface area contributed by atoms with Gasteiger partial charge >= 0.3 is 0 Å². The minimum Gasteiger partial charge on any atom is -0.463 e. The second-order valence-corrected chi connectivity index (χ2v) is 5.73. The topological polar surface area (TPSA) is 59.3 Å². The van der Waals surface area contributed by atoms with Crippen LogP contribution in [0.2, 0.25) is 10.0 Å². The summed E-state index contributed by atoms with van der Waals surface area (Å²) in [7, 11) is 0. The second kappa shape index (κ2) is 6.91. The molecule has 1 amide bonds. The zero-order valence-electron chi connectivity index (χ0n) is 12.3. The Morgan fingerprint density at radius 1 is 1.08 bits per heavy atom. The summed E-state index contributed by atoms with van der Waals surface area (Å²) in [5.41, 5.74) is 0.960. The Kier molecular flexibility index (Phi) is 4.69. The van der Waals surface area contributed by atoms with Crippen LogP contribution in [0.4, 0.5) is 5.69 Å². The molecule has 0 aliphatic carbocycles. The lowest BCUT2D eigenvalue weighted by Gasteiger charge is -2.05. The van der Waals surface area contributed by atoms with Crippen molar-refractivity contribution in [3.8, 4) is 0 Å². The van der Waals surface area contributed by atoms with E-state index < -0.39 is 5.91 Å². The molecule has 3 rings (SSSR count). The molecule has 4 nitrogen and oxygen atoms in total. The van der Waals surface area contributed by atoms with Gasteiger partial charge in [0.2, 0.25) is 5.91 Å². The summed E-state index contributed by atoms with van der Waals surface area (Å²) in [5.74, 6) is -0.438. The number of benzene rings is 2. The minimum atomic E-state index is -0.438. The number of carbonyl (C=O) groups is 1. The molecule has 0 saturated carbocycles. The van der Waals surface area contributed by atoms with Gasteiger partial charge in [0.15, 0.2) is 5.43 Å². The smallest absolute Gasteiger partial charge is 0.248 e. The third kappa shape index (κ3) is 3.35. The van der Waals surface area contributed by atoms with Crippen LogP contribution in [0.3, 0.4) is 0 Å². The van der Waals surface area contributed by atoms with E-state index in [9.17, 15) is 9.59 Å². The van der Waals surface area contributed by atoms with E-state index in [1.165, 1.54) is 18.4 Å². The van der Waals surface area contributed by atoms with E-state index in [0.29, 0.717) is 21.7 Å². The highest BCUT2D eigenvalue weighted by atomic mass is 35.5. The van der Waals surface area contributed by atoms with Crippen molar-refractivity contribution >= 4 is 51.8 Å². The van der Waals surface area contributed by atoms with Crippen LogP contribution >= 0.6 is 23.2 Å². The van der Waals surface area contributed by atoms with Crippen LogP contribution in [-0.4, -0.2) is 5.91 Å². The van der Waals surface area contributed by atoms with Gasteiger partial charge in [-0.2, -0.15) is 0 Å². The van der Waals surface area contributed by atoms with Gasteiger partial charge < -0.3 is 9.73 Å². The lowest BCUT2D eigenvalue weighted by molar-refractivity contribution is -0.111. The molecule has 1 N–H and O–H groups in total. The normalized spacial score (nSPS) is 11.1. The Hall–Kier alpha value is -2.56. The van der Waals surface area contributed by atoms with Gasteiger partial charge in [-0.1, -0.05) is 41.4 Å². The SMILES string of the molecule is O=C(C=Cc1coc2ccccc2c1=O)Nc1cccc(Cl)c1Cl. The summed E-state index contributed by atoms with van der Waals surface area (Å²) in [4.78, 5) is 24.3. The molecular formula is C18H11Cl2NO3. The molecule has 2 aromatic carbocycles. The molecule has 0 saturated heterocycles. The molecule has 24 heavy (non-hydrogen) atoms. The molecule has 3 aromatic rings. The summed E-state index contributed by atoms with van der Waals surface area (Å²) in [6.45, 7) is 0. The fourth-order valence-electron chi connectivity index (χ4n) is 2.15. The maximum Gasteiger partial charge on any atom is 0.248 e. The van der Waals surface area contributed by atoms with E-state index in [4.69, 9.17) is 27.6 Å². The largest absolute Gasteiger partial charge is 0.463 e. The van der Waals surface area contributed by atoms with Crippen LogP contribution in [0.25, 0.3) is 17.0 Å². The first-order chi connectivity index (χ1) is 11.6. The molecular weight excluding hydrogens is 349 g/mol. The Morgan fingerprint density at radius 2 is 1.88 bits per heavy atom. The molecule has 1 heterocycles. The first-order valence-corrected chi connectivity index (χ1v) is 7.75. The molecule has 0 aliphatic rings. The fourth-order valence-corrected chi connectivity index (χ4v) is 2.50. The van der Waals surface area contributed by atoms with Gasteiger partial charge in [0.25, 0.3) is 0 Å². The van der Waals surface area contributed by atoms with Crippen molar-refractivity contribution in [2.24, 2.45) is 0 Å². The lowest BCUT2D eigenvalue weighted by Crippen LogP contribution is -2.09. The molecule has 0 spiro atoms. The van der Waals surface area contributed by atoms with E-state index in [1.807, 2.05) is 0 Å². The predicted molar refractivity (Wildman–Crippen MR) is 96.6 cm³/mol. The van der Waals surface area contributed by atoms with Crippen LogP contribution in [-0.2, 0) is 4.79 Å². The standard InChI is InChI=1S/C18H11Cl2NO3/c19-13-5-3-6-14(17(13)20)21-16(22)9-8-11-10-24-15-7-2-1-4-12(15)18(11)23/h1-10H,(H,21,22). The van der Waals surface area contributed by atoms with Crippen molar-refractivity contribution in [1.82, 2.24) is 0 Å². The first-order valence-electron chi connectivity index (χ1n) is 7.00. The van der Waals surface area contributed by atoms with Gasteiger partial charge in [-0.3, -0.25) is 9.59 Å². The number of nitrogens with one attached hydrogen (secondary N) is 1. The Morgan fingerprint density at radius 3 is 2.71 bits per heavy atom. The van der Waals surface area contributed by atoms with Crippen LogP contribution in [0.5, 0.6) is 0 Å². The third-order valence-electron chi connectivity index (χ3n) is 3.33. The van der Waals surface area contributed by atoms with Gasteiger partial charge in [-0.15, -0.1) is 0 Å². The van der Waals surface area contributed by atoms with Gasteiger partial charge in [0.1, 0.15) is 11.8 Å². The monoisotopic (exact) mass is 359 g/mol. The third-order valence-corrected chi connectivity index (χ3v) is 4.15. The number of anilines is 1. The Labute approximate surface area is 147 Å². The van der Waals surface area contributed by atoms with Crippen molar-refractivity contribution in [3.63, 3.8) is 0 Å². The second-order valence-electron chi connectivity index (χ2n) is 4.94. The highest BCUT2D eigenvalue weighted by molar-refractivity contribution is 6.44. The molecule has 0 unspecified atom stereocenters. The fraction of sp³-hybridized carbons (Fsp3) is 0. The summed E-state index contributed by atoms with van der Waals surface area (Å²) in [6, 6.07) is 11.8. The Bertz CT molecular complexity index is 1010. The summed E-state index contributed by atoms with van der Waals surface area (Å²) in [5, 5.41) is 3.66. The van der Waals surface area contributed by atoms with E-state index in [1.54, 1.807) is 42.5 Å². The maximum absolute atomic E-state index is 12.3. The van der Waals surface area contributed by atoms with Crippen LogP contribution < -0.4 is 10.7 Å². The van der Waals surface area contributed by atoms with E-state index in [2.05, 4.69) is 5.32 Å². The van der Waals surface area contributed by atoms with Crippen molar-refractivity contribution < 1.29 is 9.21 Å². The van der Waals surface area contributed by atoms with Crippen molar-refractivity contribution in [2.45, 2.75) is 0 Å². The number of rotatable bonds is 3. The number of carbonyl (C=O) groups excluding carboxylic acids is 1. The summed E-state index contributed by atoms with van der Waals surface area (Å²) < 4.78 is 5.39. The molecule has 0 fully saturated rings. The van der Waals surface area contributed by atoms with Crippen molar-refractivity contribution in [1.29, 1.82) is 0 Å². The number of fused-ring (bicyclic) bond motifs is 1. The average molecular weight is 360 g/mol. The van der Waals surface area contributed by atoms with Gasteiger partial charge in [0.05, 0.1) is 26.7 Å². The minimum absolute atomic E-state index is 0.207. The number of hydrogen-bond donors (Lipinski definition) is 1. The van der Waals surface area contributed by atoms with Crippen molar-refractivity contribution in [3.05, 3.63) is 80.6 Å². The number of hydrogen-bond acceptors (Lipinski definition) is 3. The summed E-state index contributed by atoms with van der Waals surface area (Å²) in [6.07, 6.45) is 3.95. The van der Waals surface area contributed by atoms with Crippen molar-refractivity contribution in [2.75, 3.05) is 5.32 Å². The quantitative estimate of drug-likeness (QED) is 0.686. The van der Waals surface area contributed by atoms with Crippen LogP contribution in [0.1, 0.15) is 5.56 Å². The molecule has 0 aliphatic heterocycles. The molecule has 0 atom stereocenters. The zero-order chi connectivity index (χ0) is 17.1. The van der Waals surface area contributed by atoms with E-state index in [-0.39, 0.29) is 16.0 Å². The summed E-state index contributed by atoms with van der Waals surface area (Å²) >= 11 is 11.9. The van der Waals surface area contributed by atoms with E-state index >= 15 is 0 Å². The Balaban J connectivity index is 1.83. The molecule has 6 heteroatoms. The lowest BCUT2D eigenvalue weighted by atomic mass is 10.1. The molecule has 120 valence electrons. The highest BCUT2D eigenvalue weighted by Crippen LogP contribution is 2.29. The van der Waals surface area contributed by atoms with Gasteiger partial charge in [-0.25, -0.2) is 0 Å². The van der Waals surface area contributed by atoms with Gasteiger partial charge in [0, 0.05) is 6.08 Å². The number of halogens is 2. The predicted octanol–water partition coefficient (Wildman–Crippen LogP) is 4.75. The van der Waals surface area contributed by atoms with E-state index in [0.717, 1.165) is 0 Å².